The SMILES string of the molecule is Cn1ncc2c(NC3CC(Cl)C3)ncnc21. The van der Waals surface area contributed by atoms with E-state index in [1.807, 2.05) is 7.05 Å². The van der Waals surface area contributed by atoms with Crippen LogP contribution in [0.5, 0.6) is 0 Å². The Morgan fingerprint density at radius 3 is 3.00 bits per heavy atom. The van der Waals surface area contributed by atoms with Crippen molar-refractivity contribution in [1.82, 2.24) is 19.7 Å². The van der Waals surface area contributed by atoms with Crippen molar-refractivity contribution in [2.45, 2.75) is 24.3 Å². The minimum Gasteiger partial charge on any atom is -0.367 e. The van der Waals surface area contributed by atoms with Crippen LogP contribution < -0.4 is 5.32 Å². The van der Waals surface area contributed by atoms with Gasteiger partial charge in [0.05, 0.1) is 11.6 Å². The lowest BCUT2D eigenvalue weighted by Gasteiger charge is -2.31. The Kier molecular flexibility index (Phi) is 2.21. The summed E-state index contributed by atoms with van der Waals surface area (Å²) in [5, 5.41) is 8.82. The summed E-state index contributed by atoms with van der Waals surface area (Å²) in [4.78, 5) is 8.44. The molecule has 0 bridgehead atoms. The third-order valence-corrected chi connectivity index (χ3v) is 3.31. The molecule has 2 aromatic heterocycles. The number of rotatable bonds is 2. The van der Waals surface area contributed by atoms with Crippen LogP contribution in [0.4, 0.5) is 5.82 Å². The summed E-state index contributed by atoms with van der Waals surface area (Å²) >= 11 is 5.94. The molecule has 2 aromatic rings. The third kappa shape index (κ3) is 1.51. The van der Waals surface area contributed by atoms with E-state index in [0.29, 0.717) is 11.4 Å². The highest BCUT2D eigenvalue weighted by molar-refractivity contribution is 6.21. The molecule has 16 heavy (non-hydrogen) atoms. The molecule has 1 aliphatic carbocycles. The molecule has 84 valence electrons. The lowest BCUT2D eigenvalue weighted by molar-refractivity contribution is 0.454. The number of nitrogens with zero attached hydrogens (tertiary/aromatic N) is 4. The van der Waals surface area contributed by atoms with Crippen LogP contribution >= 0.6 is 11.6 Å². The van der Waals surface area contributed by atoms with Gasteiger partial charge in [0.15, 0.2) is 5.65 Å². The number of hydrogen-bond acceptors (Lipinski definition) is 4. The topological polar surface area (TPSA) is 55.6 Å². The fraction of sp³-hybridized carbons (Fsp3) is 0.500. The molecular weight excluding hydrogens is 226 g/mol. The van der Waals surface area contributed by atoms with Crippen LogP contribution in [0.3, 0.4) is 0 Å². The van der Waals surface area contributed by atoms with Gasteiger partial charge in [-0.2, -0.15) is 5.10 Å². The van der Waals surface area contributed by atoms with Crippen molar-refractivity contribution in [1.29, 1.82) is 0 Å². The number of nitrogens with one attached hydrogen (secondary N) is 1. The summed E-state index contributed by atoms with van der Waals surface area (Å²) in [5.41, 5.74) is 0.847. The monoisotopic (exact) mass is 237 g/mol. The van der Waals surface area contributed by atoms with Crippen LogP contribution in [-0.4, -0.2) is 31.2 Å². The van der Waals surface area contributed by atoms with Gasteiger partial charge in [-0.15, -0.1) is 11.6 Å². The molecule has 0 saturated heterocycles. The smallest absolute Gasteiger partial charge is 0.163 e. The van der Waals surface area contributed by atoms with Crippen LogP contribution in [0.2, 0.25) is 0 Å². The molecule has 0 aliphatic heterocycles. The first-order valence-corrected chi connectivity index (χ1v) is 5.71. The van der Waals surface area contributed by atoms with Crippen molar-refractivity contribution in [3.63, 3.8) is 0 Å². The standard InChI is InChI=1S/C10H12ClN5/c1-16-10-8(4-14-16)9(12-5-13-10)15-7-2-6(11)3-7/h4-7H,2-3H2,1H3,(H,12,13,15). The van der Waals surface area contributed by atoms with Crippen molar-refractivity contribution in [3.05, 3.63) is 12.5 Å². The summed E-state index contributed by atoms with van der Waals surface area (Å²) in [6.45, 7) is 0. The van der Waals surface area contributed by atoms with E-state index in [9.17, 15) is 0 Å². The predicted octanol–water partition coefficient (Wildman–Crippen LogP) is 1.54. The van der Waals surface area contributed by atoms with E-state index in [2.05, 4.69) is 20.4 Å². The highest BCUT2D eigenvalue weighted by Gasteiger charge is 2.27. The molecule has 2 heterocycles. The summed E-state index contributed by atoms with van der Waals surface area (Å²) in [7, 11) is 1.87. The highest BCUT2D eigenvalue weighted by atomic mass is 35.5. The van der Waals surface area contributed by atoms with E-state index in [1.165, 1.54) is 0 Å². The molecule has 0 atom stereocenters. The fourth-order valence-corrected chi connectivity index (χ4v) is 2.37. The molecule has 1 saturated carbocycles. The normalized spacial score (nSPS) is 24.4. The van der Waals surface area contributed by atoms with Gasteiger partial charge in [0.2, 0.25) is 0 Å². The van der Waals surface area contributed by atoms with E-state index >= 15 is 0 Å². The van der Waals surface area contributed by atoms with Crippen LogP contribution in [0.1, 0.15) is 12.8 Å². The zero-order chi connectivity index (χ0) is 11.1. The van der Waals surface area contributed by atoms with Gasteiger partial charge in [-0.3, -0.25) is 4.68 Å². The van der Waals surface area contributed by atoms with E-state index in [-0.39, 0.29) is 0 Å². The third-order valence-electron chi connectivity index (χ3n) is 2.95. The number of fused-ring (bicyclic) bond motifs is 1. The van der Waals surface area contributed by atoms with Crippen molar-refractivity contribution >= 4 is 28.5 Å². The number of aromatic nitrogens is 4. The molecule has 1 aliphatic rings. The molecule has 6 heteroatoms. The molecule has 3 rings (SSSR count). The Labute approximate surface area is 97.8 Å². The van der Waals surface area contributed by atoms with Gasteiger partial charge in [0, 0.05) is 18.5 Å². The van der Waals surface area contributed by atoms with Crippen LogP contribution in [-0.2, 0) is 7.05 Å². The minimum atomic E-state index is 0.309. The molecule has 0 amide bonds. The number of anilines is 1. The maximum Gasteiger partial charge on any atom is 0.163 e. The Morgan fingerprint density at radius 1 is 1.44 bits per heavy atom. The Balaban J connectivity index is 1.91. The quantitative estimate of drug-likeness (QED) is 0.806. The largest absolute Gasteiger partial charge is 0.367 e. The van der Waals surface area contributed by atoms with Gasteiger partial charge in [-0.05, 0) is 12.8 Å². The number of alkyl halides is 1. The average molecular weight is 238 g/mol. The number of hydrogen-bond donors (Lipinski definition) is 1. The molecule has 0 spiro atoms. The van der Waals surface area contributed by atoms with Crippen molar-refractivity contribution in [3.8, 4) is 0 Å². The summed E-state index contributed by atoms with van der Waals surface area (Å²) < 4.78 is 1.74. The first kappa shape index (κ1) is 9.84. The zero-order valence-corrected chi connectivity index (χ0v) is 9.65. The summed E-state index contributed by atoms with van der Waals surface area (Å²) in [6.07, 6.45) is 5.33. The number of aryl methyl sites for hydroxylation is 1. The molecular formula is C10H12ClN5. The van der Waals surface area contributed by atoms with E-state index < -0.39 is 0 Å². The van der Waals surface area contributed by atoms with Crippen LogP contribution in [0.25, 0.3) is 11.0 Å². The van der Waals surface area contributed by atoms with Gasteiger partial charge in [0.1, 0.15) is 12.1 Å². The van der Waals surface area contributed by atoms with Crippen molar-refractivity contribution in [2.24, 2.45) is 7.05 Å². The average Bonchev–Trinajstić information content (AvgIpc) is 2.60. The van der Waals surface area contributed by atoms with Gasteiger partial charge < -0.3 is 5.32 Å². The van der Waals surface area contributed by atoms with E-state index in [0.717, 1.165) is 29.7 Å². The molecule has 1 fully saturated rings. The number of halogens is 1. The molecule has 1 N–H and O–H groups in total. The molecule has 0 unspecified atom stereocenters. The lowest BCUT2D eigenvalue weighted by Crippen LogP contribution is -2.36. The van der Waals surface area contributed by atoms with Gasteiger partial charge in [0.25, 0.3) is 0 Å². The second-order valence-corrected chi connectivity index (χ2v) is 4.75. The Bertz CT molecular complexity index is 517. The molecule has 0 radical (unpaired) electrons. The fourth-order valence-electron chi connectivity index (χ4n) is 1.94. The van der Waals surface area contributed by atoms with Gasteiger partial charge in [-0.1, -0.05) is 0 Å². The maximum atomic E-state index is 5.94. The Morgan fingerprint density at radius 2 is 2.25 bits per heavy atom. The van der Waals surface area contributed by atoms with Gasteiger partial charge >= 0.3 is 0 Å². The van der Waals surface area contributed by atoms with Crippen LogP contribution in [0, 0.1) is 0 Å². The van der Waals surface area contributed by atoms with Crippen molar-refractivity contribution < 1.29 is 0 Å². The first-order chi connectivity index (χ1) is 7.74. The van der Waals surface area contributed by atoms with Crippen molar-refractivity contribution in [2.75, 3.05) is 5.32 Å². The predicted molar refractivity (Wildman–Crippen MR) is 62.6 cm³/mol. The molecule has 0 aromatic carbocycles. The maximum absolute atomic E-state index is 5.94. The second-order valence-electron chi connectivity index (χ2n) is 4.14. The zero-order valence-electron chi connectivity index (χ0n) is 8.89. The highest BCUT2D eigenvalue weighted by Crippen LogP contribution is 2.29. The van der Waals surface area contributed by atoms with Crippen LogP contribution in [0.15, 0.2) is 12.5 Å². The lowest BCUT2D eigenvalue weighted by atomic mass is 9.92. The Hall–Kier alpha value is -1.36. The first-order valence-electron chi connectivity index (χ1n) is 5.27. The van der Waals surface area contributed by atoms with E-state index in [1.54, 1.807) is 17.2 Å². The molecule has 5 nitrogen and oxygen atoms in total. The summed E-state index contributed by atoms with van der Waals surface area (Å²) in [6, 6.07) is 0.431. The minimum absolute atomic E-state index is 0.309. The van der Waals surface area contributed by atoms with E-state index in [4.69, 9.17) is 11.6 Å². The summed E-state index contributed by atoms with van der Waals surface area (Å²) in [5.74, 6) is 0.853. The van der Waals surface area contributed by atoms with Gasteiger partial charge in [-0.25, -0.2) is 9.97 Å². The second kappa shape index (κ2) is 3.59.